The molecule has 1 saturated carbocycles. The van der Waals surface area contributed by atoms with E-state index in [1.54, 1.807) is 0 Å². The molecule has 4 nitrogen and oxygen atoms in total. The fraction of sp³-hybridized carbons (Fsp3) is 0.941. The third-order valence-electron chi connectivity index (χ3n) is 4.50. The molecule has 0 spiro atoms. The first-order valence-corrected chi connectivity index (χ1v) is 8.68. The van der Waals surface area contributed by atoms with Gasteiger partial charge in [-0.2, -0.15) is 0 Å². The van der Waals surface area contributed by atoms with Crippen molar-refractivity contribution in [3.8, 4) is 0 Å². The molecule has 1 aliphatic rings. The first-order valence-electron chi connectivity index (χ1n) is 8.68. The van der Waals surface area contributed by atoms with Crippen LogP contribution in [0.3, 0.4) is 0 Å². The van der Waals surface area contributed by atoms with E-state index < -0.39 is 11.5 Å². The van der Waals surface area contributed by atoms with Crippen molar-refractivity contribution in [3.05, 3.63) is 0 Å². The lowest BCUT2D eigenvalue weighted by molar-refractivity contribution is -0.145. The van der Waals surface area contributed by atoms with Crippen LogP contribution in [0.15, 0.2) is 0 Å². The van der Waals surface area contributed by atoms with Crippen LogP contribution in [-0.2, 0) is 4.79 Å². The zero-order valence-electron chi connectivity index (χ0n) is 14.3. The van der Waals surface area contributed by atoms with E-state index in [-0.39, 0.29) is 0 Å². The molecule has 0 aromatic heterocycles. The predicted molar refractivity (Wildman–Crippen MR) is 87.7 cm³/mol. The minimum absolute atomic E-state index is 0.301. The minimum atomic E-state index is -0.794. The molecule has 1 rings (SSSR count). The standard InChI is InChI=1S/C17H34N2O2/c1-5-7-11-19(12-8-6-2)14(3)13-17(4,16(20)21)18-15-9-10-15/h14-15,18H,5-13H2,1-4H3,(H,20,21). The van der Waals surface area contributed by atoms with E-state index in [2.05, 4.69) is 31.0 Å². The number of aliphatic carboxylic acids is 1. The van der Waals surface area contributed by atoms with Crippen molar-refractivity contribution in [2.45, 2.75) is 90.3 Å². The maximum atomic E-state index is 11.7. The largest absolute Gasteiger partial charge is 0.480 e. The number of hydrogen-bond donors (Lipinski definition) is 2. The highest BCUT2D eigenvalue weighted by Crippen LogP contribution is 2.26. The number of carbonyl (C=O) groups is 1. The highest BCUT2D eigenvalue weighted by atomic mass is 16.4. The van der Waals surface area contributed by atoms with Crippen molar-refractivity contribution >= 4 is 5.97 Å². The van der Waals surface area contributed by atoms with Gasteiger partial charge in [-0.1, -0.05) is 26.7 Å². The zero-order chi connectivity index (χ0) is 15.9. The summed E-state index contributed by atoms with van der Waals surface area (Å²) in [5.74, 6) is -0.716. The summed E-state index contributed by atoms with van der Waals surface area (Å²) in [6.45, 7) is 10.6. The number of nitrogens with one attached hydrogen (secondary N) is 1. The van der Waals surface area contributed by atoms with Crippen molar-refractivity contribution < 1.29 is 9.90 Å². The quantitative estimate of drug-likeness (QED) is 0.580. The molecule has 4 heteroatoms. The maximum absolute atomic E-state index is 11.7. The van der Waals surface area contributed by atoms with Crippen LogP contribution in [0.5, 0.6) is 0 Å². The van der Waals surface area contributed by atoms with E-state index in [1.165, 1.54) is 25.7 Å². The molecule has 2 unspecified atom stereocenters. The van der Waals surface area contributed by atoms with E-state index in [0.29, 0.717) is 18.5 Å². The second-order valence-corrected chi connectivity index (χ2v) is 6.85. The van der Waals surface area contributed by atoms with E-state index in [4.69, 9.17) is 0 Å². The Balaban J connectivity index is 2.61. The number of unbranched alkanes of at least 4 members (excludes halogenated alkanes) is 2. The Morgan fingerprint density at radius 2 is 1.81 bits per heavy atom. The molecule has 1 fully saturated rings. The second kappa shape index (κ2) is 8.74. The molecule has 0 radical (unpaired) electrons. The Morgan fingerprint density at radius 3 is 2.19 bits per heavy atom. The minimum Gasteiger partial charge on any atom is -0.480 e. The van der Waals surface area contributed by atoms with Gasteiger partial charge in [0.05, 0.1) is 0 Å². The molecule has 0 bridgehead atoms. The lowest BCUT2D eigenvalue weighted by atomic mass is 9.92. The Kier molecular flexibility index (Phi) is 7.67. The monoisotopic (exact) mass is 298 g/mol. The molecule has 0 heterocycles. The number of carboxylic acid groups (broad SMARTS) is 1. The molecule has 2 N–H and O–H groups in total. The van der Waals surface area contributed by atoms with Gasteiger partial charge in [0.2, 0.25) is 0 Å². The highest BCUT2D eigenvalue weighted by Gasteiger charge is 2.40. The lowest BCUT2D eigenvalue weighted by Gasteiger charge is -2.35. The molecule has 21 heavy (non-hydrogen) atoms. The Bertz CT molecular complexity index is 310. The third-order valence-corrected chi connectivity index (χ3v) is 4.50. The van der Waals surface area contributed by atoms with Gasteiger partial charge >= 0.3 is 5.97 Å². The molecule has 0 aliphatic heterocycles. The van der Waals surface area contributed by atoms with Gasteiger partial charge < -0.3 is 10.0 Å². The van der Waals surface area contributed by atoms with Gasteiger partial charge in [0.25, 0.3) is 0 Å². The average Bonchev–Trinajstić information content (AvgIpc) is 3.22. The smallest absolute Gasteiger partial charge is 0.323 e. The van der Waals surface area contributed by atoms with Crippen molar-refractivity contribution in [1.82, 2.24) is 10.2 Å². The molecule has 0 aromatic carbocycles. The average molecular weight is 298 g/mol. The van der Waals surface area contributed by atoms with Crippen LogP contribution in [0, 0.1) is 0 Å². The fourth-order valence-corrected chi connectivity index (χ4v) is 2.88. The van der Waals surface area contributed by atoms with Gasteiger partial charge in [-0.05, 0) is 59.0 Å². The van der Waals surface area contributed by atoms with Crippen LogP contribution in [0.1, 0.15) is 72.6 Å². The third kappa shape index (κ3) is 6.35. The first kappa shape index (κ1) is 18.4. The molecule has 1 aliphatic carbocycles. The Hall–Kier alpha value is -0.610. The number of rotatable bonds is 12. The van der Waals surface area contributed by atoms with Gasteiger partial charge in [0.15, 0.2) is 0 Å². The molecule has 0 saturated heterocycles. The molecular weight excluding hydrogens is 264 g/mol. The molecule has 2 atom stereocenters. The number of hydrogen-bond acceptors (Lipinski definition) is 3. The van der Waals surface area contributed by atoms with Crippen LogP contribution in [0.25, 0.3) is 0 Å². The Morgan fingerprint density at radius 1 is 1.29 bits per heavy atom. The number of nitrogens with zero attached hydrogens (tertiary/aromatic N) is 1. The zero-order valence-corrected chi connectivity index (χ0v) is 14.3. The van der Waals surface area contributed by atoms with Crippen molar-refractivity contribution in [2.75, 3.05) is 13.1 Å². The van der Waals surface area contributed by atoms with Gasteiger partial charge in [0.1, 0.15) is 5.54 Å². The topological polar surface area (TPSA) is 52.6 Å². The predicted octanol–water partition coefficient (Wildman–Crippen LogP) is 3.26. The summed E-state index contributed by atoms with van der Waals surface area (Å²) in [6.07, 6.45) is 7.66. The molecule has 0 aromatic rings. The summed E-state index contributed by atoms with van der Waals surface area (Å²) in [5, 5.41) is 12.9. The van der Waals surface area contributed by atoms with E-state index >= 15 is 0 Å². The van der Waals surface area contributed by atoms with Crippen molar-refractivity contribution in [1.29, 1.82) is 0 Å². The summed E-state index contributed by atoms with van der Waals surface area (Å²) in [5.41, 5.74) is -0.794. The van der Waals surface area contributed by atoms with Crippen LogP contribution in [-0.4, -0.2) is 46.7 Å². The van der Waals surface area contributed by atoms with Crippen molar-refractivity contribution in [3.63, 3.8) is 0 Å². The lowest BCUT2D eigenvalue weighted by Crippen LogP contribution is -2.54. The van der Waals surface area contributed by atoms with Gasteiger partial charge in [-0.3, -0.25) is 10.1 Å². The van der Waals surface area contributed by atoms with Crippen LogP contribution in [0.2, 0.25) is 0 Å². The molecule has 0 amide bonds. The van der Waals surface area contributed by atoms with Crippen LogP contribution < -0.4 is 5.32 Å². The number of carboxylic acids is 1. The summed E-state index contributed by atoms with van der Waals surface area (Å²) in [7, 11) is 0. The maximum Gasteiger partial charge on any atom is 0.323 e. The van der Waals surface area contributed by atoms with Crippen LogP contribution >= 0.6 is 0 Å². The van der Waals surface area contributed by atoms with Crippen LogP contribution in [0.4, 0.5) is 0 Å². The summed E-state index contributed by atoms with van der Waals surface area (Å²) in [4.78, 5) is 14.2. The Labute approximate surface area is 130 Å². The van der Waals surface area contributed by atoms with E-state index in [0.717, 1.165) is 25.9 Å². The van der Waals surface area contributed by atoms with Gasteiger partial charge in [-0.15, -0.1) is 0 Å². The van der Waals surface area contributed by atoms with Gasteiger partial charge in [-0.25, -0.2) is 0 Å². The fourth-order valence-electron chi connectivity index (χ4n) is 2.88. The van der Waals surface area contributed by atoms with Crippen molar-refractivity contribution in [2.24, 2.45) is 0 Å². The van der Waals surface area contributed by atoms with E-state index in [1.807, 2.05) is 6.92 Å². The van der Waals surface area contributed by atoms with E-state index in [9.17, 15) is 9.90 Å². The summed E-state index contributed by atoms with van der Waals surface area (Å²) in [6, 6.07) is 0.716. The van der Waals surface area contributed by atoms with Gasteiger partial charge in [0, 0.05) is 12.1 Å². The summed E-state index contributed by atoms with van der Waals surface area (Å²) >= 11 is 0. The normalized spacial score (nSPS) is 19.5. The first-order chi connectivity index (χ1) is 9.92. The second-order valence-electron chi connectivity index (χ2n) is 6.85. The SMILES string of the molecule is CCCCN(CCCC)C(C)CC(C)(NC1CC1)C(=O)O. The molecular formula is C17H34N2O2. The summed E-state index contributed by atoms with van der Waals surface area (Å²) < 4.78 is 0. The molecule has 124 valence electrons. The highest BCUT2D eigenvalue weighted by molar-refractivity contribution is 5.78.